The van der Waals surface area contributed by atoms with E-state index in [1.54, 1.807) is 0 Å². The fourth-order valence-corrected chi connectivity index (χ4v) is 2.29. The number of nitrogens with one attached hydrogen (secondary N) is 1. The molecule has 0 aromatic carbocycles. The van der Waals surface area contributed by atoms with Gasteiger partial charge in [-0.1, -0.05) is 59.3 Å². The van der Waals surface area contributed by atoms with Crippen LogP contribution in [0.1, 0.15) is 85.0 Å². The van der Waals surface area contributed by atoms with Crippen molar-refractivity contribution < 1.29 is 5.11 Å². The number of unbranched alkanes of at least 4 members (excludes halogenated alkanes) is 4. The van der Waals surface area contributed by atoms with Crippen LogP contribution in [0.4, 0.5) is 0 Å². The summed E-state index contributed by atoms with van der Waals surface area (Å²) in [5.41, 5.74) is 0. The molecule has 2 N–H and O–H groups in total. The molecule has 0 rings (SSSR count). The van der Waals surface area contributed by atoms with Crippen molar-refractivity contribution in [2.45, 2.75) is 97.1 Å². The summed E-state index contributed by atoms with van der Waals surface area (Å²) in [4.78, 5) is 0. The molecule has 1 atom stereocenters. The van der Waals surface area contributed by atoms with E-state index in [0.29, 0.717) is 6.04 Å². The minimum absolute atomic E-state index is 0.121. The summed E-state index contributed by atoms with van der Waals surface area (Å²) in [6.07, 6.45) is 12.3. The molecule has 0 aliphatic carbocycles. The molecule has 0 saturated heterocycles. The van der Waals surface area contributed by atoms with E-state index >= 15 is 0 Å². The Morgan fingerprint density at radius 3 is 1.83 bits per heavy atom. The Balaban J connectivity index is 3.73. The molecule has 0 aliphatic heterocycles. The molecule has 0 spiro atoms. The summed E-state index contributed by atoms with van der Waals surface area (Å²) in [7, 11) is 0. The van der Waals surface area contributed by atoms with Gasteiger partial charge in [-0.25, -0.2) is 0 Å². The first kappa shape index (κ1) is 17.9. The Morgan fingerprint density at radius 2 is 1.39 bits per heavy atom. The van der Waals surface area contributed by atoms with Crippen molar-refractivity contribution in [1.29, 1.82) is 0 Å². The highest BCUT2D eigenvalue weighted by Crippen LogP contribution is 2.11. The van der Waals surface area contributed by atoms with Crippen molar-refractivity contribution in [2.75, 3.05) is 6.54 Å². The zero-order valence-corrected chi connectivity index (χ0v) is 12.9. The second-order valence-corrected chi connectivity index (χ2v) is 5.49. The SMILES string of the molecule is CCCCCC(CCCCC)NCCC(O)CC. The molecule has 0 fully saturated rings. The Kier molecular flexibility index (Phi) is 13.3. The Bertz CT molecular complexity index is 151. The van der Waals surface area contributed by atoms with Crippen molar-refractivity contribution in [2.24, 2.45) is 0 Å². The third-order valence-corrected chi connectivity index (χ3v) is 3.69. The summed E-state index contributed by atoms with van der Waals surface area (Å²) in [5, 5.41) is 13.2. The van der Waals surface area contributed by atoms with Gasteiger partial charge in [0.1, 0.15) is 0 Å². The molecule has 0 amide bonds. The van der Waals surface area contributed by atoms with Crippen molar-refractivity contribution in [1.82, 2.24) is 5.32 Å². The lowest BCUT2D eigenvalue weighted by atomic mass is 10.0. The molecule has 0 aromatic rings. The minimum Gasteiger partial charge on any atom is -0.393 e. The van der Waals surface area contributed by atoms with E-state index < -0.39 is 0 Å². The van der Waals surface area contributed by atoms with Crippen LogP contribution in [-0.4, -0.2) is 23.8 Å². The number of hydrogen-bond acceptors (Lipinski definition) is 2. The van der Waals surface area contributed by atoms with Gasteiger partial charge < -0.3 is 10.4 Å². The molecule has 110 valence electrons. The highest BCUT2D eigenvalue weighted by Gasteiger charge is 2.08. The topological polar surface area (TPSA) is 32.3 Å². The van der Waals surface area contributed by atoms with Crippen molar-refractivity contribution in [3.05, 3.63) is 0 Å². The van der Waals surface area contributed by atoms with Crippen LogP contribution in [-0.2, 0) is 0 Å². The molecule has 18 heavy (non-hydrogen) atoms. The average molecular weight is 257 g/mol. The fraction of sp³-hybridized carbons (Fsp3) is 1.00. The van der Waals surface area contributed by atoms with Gasteiger partial charge in [0.15, 0.2) is 0 Å². The molecular weight excluding hydrogens is 222 g/mol. The number of aliphatic hydroxyl groups excluding tert-OH is 1. The molecule has 2 nitrogen and oxygen atoms in total. The molecular formula is C16H35NO. The molecule has 1 unspecified atom stereocenters. The smallest absolute Gasteiger partial charge is 0.0549 e. The highest BCUT2D eigenvalue weighted by atomic mass is 16.3. The van der Waals surface area contributed by atoms with Gasteiger partial charge in [-0.3, -0.25) is 0 Å². The fourth-order valence-electron chi connectivity index (χ4n) is 2.29. The second-order valence-electron chi connectivity index (χ2n) is 5.49. The summed E-state index contributed by atoms with van der Waals surface area (Å²) >= 11 is 0. The van der Waals surface area contributed by atoms with Crippen molar-refractivity contribution in [3.63, 3.8) is 0 Å². The lowest BCUT2D eigenvalue weighted by Crippen LogP contribution is -2.31. The standard InChI is InChI=1S/C16H35NO/c1-4-7-9-11-15(12-10-8-5-2)17-14-13-16(18)6-3/h15-18H,4-14H2,1-3H3. The normalized spacial score (nSPS) is 13.2. The van der Waals surface area contributed by atoms with E-state index in [-0.39, 0.29) is 6.10 Å². The number of aliphatic hydroxyl groups is 1. The van der Waals surface area contributed by atoms with Crippen LogP contribution in [0.5, 0.6) is 0 Å². The molecule has 0 saturated carbocycles. The van der Waals surface area contributed by atoms with E-state index in [4.69, 9.17) is 0 Å². The van der Waals surface area contributed by atoms with Gasteiger partial charge in [0, 0.05) is 6.04 Å². The molecule has 2 heteroatoms. The van der Waals surface area contributed by atoms with Gasteiger partial charge in [-0.2, -0.15) is 0 Å². The summed E-state index contributed by atoms with van der Waals surface area (Å²) in [6, 6.07) is 0.673. The minimum atomic E-state index is -0.121. The van der Waals surface area contributed by atoms with Gasteiger partial charge in [-0.15, -0.1) is 0 Å². The van der Waals surface area contributed by atoms with Crippen molar-refractivity contribution >= 4 is 0 Å². The van der Waals surface area contributed by atoms with Crippen LogP contribution in [0.15, 0.2) is 0 Å². The van der Waals surface area contributed by atoms with E-state index in [1.165, 1.54) is 51.4 Å². The molecule has 0 bridgehead atoms. The lowest BCUT2D eigenvalue weighted by Gasteiger charge is -2.19. The zero-order valence-electron chi connectivity index (χ0n) is 12.9. The van der Waals surface area contributed by atoms with E-state index in [1.807, 2.05) is 6.92 Å². The zero-order chi connectivity index (χ0) is 13.6. The van der Waals surface area contributed by atoms with Gasteiger partial charge in [0.25, 0.3) is 0 Å². The maximum Gasteiger partial charge on any atom is 0.0549 e. The number of hydrogen-bond donors (Lipinski definition) is 2. The molecule has 0 radical (unpaired) electrons. The maximum atomic E-state index is 9.56. The summed E-state index contributed by atoms with van der Waals surface area (Å²) < 4.78 is 0. The first-order valence-corrected chi connectivity index (χ1v) is 8.15. The Morgan fingerprint density at radius 1 is 0.833 bits per heavy atom. The number of rotatable bonds is 13. The van der Waals surface area contributed by atoms with Crippen LogP contribution >= 0.6 is 0 Å². The monoisotopic (exact) mass is 257 g/mol. The molecule has 0 aromatic heterocycles. The first-order chi connectivity index (χ1) is 8.74. The van der Waals surface area contributed by atoms with E-state index in [2.05, 4.69) is 19.2 Å². The Hall–Kier alpha value is -0.0800. The van der Waals surface area contributed by atoms with E-state index in [0.717, 1.165) is 19.4 Å². The van der Waals surface area contributed by atoms with Crippen LogP contribution in [0.3, 0.4) is 0 Å². The van der Waals surface area contributed by atoms with Crippen molar-refractivity contribution in [3.8, 4) is 0 Å². The maximum absolute atomic E-state index is 9.56. The lowest BCUT2D eigenvalue weighted by molar-refractivity contribution is 0.158. The predicted molar refractivity (Wildman–Crippen MR) is 81.0 cm³/mol. The third-order valence-electron chi connectivity index (χ3n) is 3.69. The van der Waals surface area contributed by atoms with Crippen LogP contribution in [0, 0.1) is 0 Å². The van der Waals surface area contributed by atoms with Gasteiger partial charge in [0.05, 0.1) is 6.10 Å². The van der Waals surface area contributed by atoms with Gasteiger partial charge in [-0.05, 0) is 32.2 Å². The highest BCUT2D eigenvalue weighted by molar-refractivity contribution is 4.68. The van der Waals surface area contributed by atoms with Gasteiger partial charge in [0.2, 0.25) is 0 Å². The average Bonchev–Trinajstić information content (AvgIpc) is 2.38. The molecule has 0 heterocycles. The van der Waals surface area contributed by atoms with Crippen LogP contribution in [0.25, 0.3) is 0 Å². The second kappa shape index (κ2) is 13.4. The van der Waals surface area contributed by atoms with E-state index in [9.17, 15) is 5.11 Å². The third kappa shape index (κ3) is 11.0. The summed E-state index contributed by atoms with van der Waals surface area (Å²) in [6.45, 7) is 7.54. The van der Waals surface area contributed by atoms with Crippen LogP contribution < -0.4 is 5.32 Å². The first-order valence-electron chi connectivity index (χ1n) is 8.15. The Labute approximate surface area is 115 Å². The summed E-state index contributed by atoms with van der Waals surface area (Å²) in [5.74, 6) is 0. The largest absolute Gasteiger partial charge is 0.393 e. The van der Waals surface area contributed by atoms with Gasteiger partial charge >= 0.3 is 0 Å². The van der Waals surface area contributed by atoms with Crippen LogP contribution in [0.2, 0.25) is 0 Å². The quantitative estimate of drug-likeness (QED) is 0.483. The molecule has 0 aliphatic rings. The predicted octanol–water partition coefficient (Wildman–Crippen LogP) is 4.27.